The lowest BCUT2D eigenvalue weighted by Crippen LogP contribution is -2.36. The van der Waals surface area contributed by atoms with Crippen molar-refractivity contribution in [1.82, 2.24) is 4.90 Å². The third-order valence-corrected chi connectivity index (χ3v) is 4.01. The maximum absolute atomic E-state index is 12.0. The van der Waals surface area contributed by atoms with Crippen LogP contribution in [-0.2, 0) is 9.59 Å². The van der Waals surface area contributed by atoms with Crippen LogP contribution >= 0.6 is 0 Å². The number of carbonyl (C=O) groups is 2. The van der Waals surface area contributed by atoms with Gasteiger partial charge in [-0.25, -0.2) is 0 Å². The van der Waals surface area contributed by atoms with Crippen LogP contribution < -0.4 is 5.73 Å². The van der Waals surface area contributed by atoms with E-state index in [0.717, 1.165) is 32.1 Å². The summed E-state index contributed by atoms with van der Waals surface area (Å²) in [6.07, 6.45) is 4.77. The molecule has 4 unspecified atom stereocenters. The molecule has 3 fully saturated rings. The molecule has 1 saturated heterocycles. The minimum absolute atomic E-state index is 0.0148. The van der Waals surface area contributed by atoms with Gasteiger partial charge in [-0.2, -0.15) is 0 Å². The molecule has 0 aromatic heterocycles. The Labute approximate surface area is 88.8 Å². The molecule has 4 atom stereocenters. The fraction of sp³-hybridized carbons (Fsp3) is 0.818. The molecule has 2 saturated carbocycles. The third kappa shape index (κ3) is 1.24. The maximum atomic E-state index is 12.0. The van der Waals surface area contributed by atoms with Crippen LogP contribution in [0.3, 0.4) is 0 Å². The molecule has 1 aliphatic heterocycles. The standard InChI is InChI=1S/C11H16N2O2/c12-8-5-9(8)13-10(14)6-3-1-2-4-7(6)11(13)15/h6-9H,1-5,12H2. The minimum atomic E-state index is -0.0148. The molecule has 82 valence electrons. The van der Waals surface area contributed by atoms with Crippen molar-refractivity contribution in [1.29, 1.82) is 0 Å². The van der Waals surface area contributed by atoms with E-state index in [1.165, 1.54) is 4.90 Å². The summed E-state index contributed by atoms with van der Waals surface area (Å²) in [4.78, 5) is 25.5. The topological polar surface area (TPSA) is 63.4 Å². The molecule has 2 amide bonds. The number of imide groups is 1. The fourth-order valence-electron chi connectivity index (χ4n) is 3.01. The van der Waals surface area contributed by atoms with E-state index in [0.29, 0.717) is 0 Å². The number of nitrogens with two attached hydrogens (primary N) is 1. The summed E-state index contributed by atoms with van der Waals surface area (Å²) >= 11 is 0. The van der Waals surface area contributed by atoms with Crippen molar-refractivity contribution in [2.24, 2.45) is 17.6 Å². The van der Waals surface area contributed by atoms with Gasteiger partial charge in [0, 0.05) is 6.04 Å². The zero-order valence-corrected chi connectivity index (χ0v) is 8.69. The Kier molecular flexibility index (Phi) is 1.89. The number of fused-ring (bicyclic) bond motifs is 1. The van der Waals surface area contributed by atoms with Crippen molar-refractivity contribution in [3.8, 4) is 0 Å². The van der Waals surface area contributed by atoms with Crippen LogP contribution in [-0.4, -0.2) is 28.8 Å². The average Bonchev–Trinajstić information content (AvgIpc) is 2.89. The van der Waals surface area contributed by atoms with E-state index in [9.17, 15) is 9.59 Å². The van der Waals surface area contributed by atoms with Gasteiger partial charge in [0.1, 0.15) is 0 Å². The van der Waals surface area contributed by atoms with Crippen LogP contribution in [0.5, 0.6) is 0 Å². The van der Waals surface area contributed by atoms with Gasteiger partial charge in [-0.05, 0) is 19.3 Å². The highest BCUT2D eigenvalue weighted by Gasteiger charge is 2.55. The lowest BCUT2D eigenvalue weighted by atomic mass is 9.81. The summed E-state index contributed by atoms with van der Waals surface area (Å²) < 4.78 is 0. The molecule has 2 aliphatic carbocycles. The van der Waals surface area contributed by atoms with Gasteiger partial charge in [-0.1, -0.05) is 12.8 Å². The second kappa shape index (κ2) is 3.04. The van der Waals surface area contributed by atoms with Crippen LogP contribution in [0.2, 0.25) is 0 Å². The molecule has 1 heterocycles. The fourth-order valence-corrected chi connectivity index (χ4v) is 3.01. The second-order valence-corrected chi connectivity index (χ2v) is 5.01. The number of likely N-dealkylation sites (tertiary alicyclic amines) is 1. The molecular weight excluding hydrogens is 192 g/mol. The summed E-state index contributed by atoms with van der Waals surface area (Å²) in [5.41, 5.74) is 5.71. The van der Waals surface area contributed by atoms with Crippen molar-refractivity contribution < 1.29 is 9.59 Å². The molecule has 0 bridgehead atoms. The van der Waals surface area contributed by atoms with Gasteiger partial charge >= 0.3 is 0 Å². The van der Waals surface area contributed by atoms with Crippen LogP contribution in [0.15, 0.2) is 0 Å². The molecule has 0 radical (unpaired) electrons. The predicted molar refractivity (Wildman–Crippen MR) is 53.7 cm³/mol. The second-order valence-electron chi connectivity index (χ2n) is 5.01. The molecule has 3 aliphatic rings. The largest absolute Gasteiger partial charge is 0.326 e. The van der Waals surface area contributed by atoms with E-state index in [-0.39, 0.29) is 35.7 Å². The third-order valence-electron chi connectivity index (χ3n) is 4.01. The number of amides is 2. The van der Waals surface area contributed by atoms with E-state index in [2.05, 4.69) is 0 Å². The molecule has 2 N–H and O–H groups in total. The van der Waals surface area contributed by atoms with Crippen LogP contribution in [0.4, 0.5) is 0 Å². The molecule has 3 rings (SSSR count). The van der Waals surface area contributed by atoms with E-state index in [1.54, 1.807) is 0 Å². The van der Waals surface area contributed by atoms with Crippen molar-refractivity contribution in [3.05, 3.63) is 0 Å². The Morgan fingerprint density at radius 3 is 1.93 bits per heavy atom. The van der Waals surface area contributed by atoms with E-state index in [4.69, 9.17) is 5.73 Å². The van der Waals surface area contributed by atoms with Gasteiger partial charge in [0.05, 0.1) is 17.9 Å². The van der Waals surface area contributed by atoms with Crippen molar-refractivity contribution in [2.75, 3.05) is 0 Å². The van der Waals surface area contributed by atoms with Crippen molar-refractivity contribution in [2.45, 2.75) is 44.2 Å². The van der Waals surface area contributed by atoms with Crippen molar-refractivity contribution >= 4 is 11.8 Å². The number of hydrogen-bond donors (Lipinski definition) is 1. The highest BCUT2D eigenvalue weighted by molar-refractivity contribution is 6.05. The Morgan fingerprint density at radius 1 is 1.07 bits per heavy atom. The maximum Gasteiger partial charge on any atom is 0.233 e. The van der Waals surface area contributed by atoms with Gasteiger partial charge < -0.3 is 5.73 Å². The van der Waals surface area contributed by atoms with Crippen LogP contribution in [0.1, 0.15) is 32.1 Å². The zero-order chi connectivity index (χ0) is 10.6. The zero-order valence-electron chi connectivity index (χ0n) is 8.69. The Bertz CT molecular complexity index is 305. The summed E-state index contributed by atoms with van der Waals surface area (Å²) in [5.74, 6) is 0.0865. The summed E-state index contributed by atoms with van der Waals surface area (Å²) in [7, 11) is 0. The van der Waals surface area contributed by atoms with Gasteiger partial charge in [0.2, 0.25) is 11.8 Å². The van der Waals surface area contributed by atoms with Crippen LogP contribution in [0.25, 0.3) is 0 Å². The van der Waals surface area contributed by atoms with E-state index >= 15 is 0 Å². The average molecular weight is 208 g/mol. The lowest BCUT2D eigenvalue weighted by Gasteiger charge is -2.19. The van der Waals surface area contributed by atoms with Gasteiger partial charge in [0.25, 0.3) is 0 Å². The molecule has 15 heavy (non-hydrogen) atoms. The molecule has 0 spiro atoms. The van der Waals surface area contributed by atoms with Crippen molar-refractivity contribution in [3.63, 3.8) is 0 Å². The van der Waals surface area contributed by atoms with Crippen LogP contribution in [0, 0.1) is 11.8 Å². The van der Waals surface area contributed by atoms with Gasteiger partial charge in [0.15, 0.2) is 0 Å². The highest BCUT2D eigenvalue weighted by atomic mass is 16.2. The predicted octanol–water partition coefficient (Wildman–Crippen LogP) is 0.261. The molecule has 4 heteroatoms. The number of hydrogen-bond acceptors (Lipinski definition) is 3. The van der Waals surface area contributed by atoms with Gasteiger partial charge in [-0.3, -0.25) is 14.5 Å². The summed E-state index contributed by atoms with van der Waals surface area (Å²) in [5, 5.41) is 0. The normalized spacial score (nSPS) is 44.5. The minimum Gasteiger partial charge on any atom is -0.326 e. The first-order chi connectivity index (χ1) is 7.20. The first-order valence-electron chi connectivity index (χ1n) is 5.82. The summed E-state index contributed by atoms with van der Waals surface area (Å²) in [6, 6.07) is 0.0636. The first-order valence-corrected chi connectivity index (χ1v) is 5.82. The van der Waals surface area contributed by atoms with E-state index < -0.39 is 0 Å². The van der Waals surface area contributed by atoms with E-state index in [1.807, 2.05) is 0 Å². The van der Waals surface area contributed by atoms with Gasteiger partial charge in [-0.15, -0.1) is 0 Å². The molecule has 0 aromatic rings. The number of rotatable bonds is 1. The lowest BCUT2D eigenvalue weighted by molar-refractivity contribution is -0.140. The Morgan fingerprint density at radius 2 is 1.53 bits per heavy atom. The Hall–Kier alpha value is -0.900. The highest BCUT2D eigenvalue weighted by Crippen LogP contribution is 2.42. The smallest absolute Gasteiger partial charge is 0.233 e. The SMILES string of the molecule is NC1CC1N1C(=O)C2CCCCC2C1=O. The Balaban J connectivity index is 1.85. The number of nitrogens with zero attached hydrogens (tertiary/aromatic N) is 1. The monoisotopic (exact) mass is 208 g/mol. The molecule has 0 aromatic carbocycles. The number of carbonyl (C=O) groups excluding carboxylic acids is 2. The quantitative estimate of drug-likeness (QED) is 0.629. The molecule has 4 nitrogen and oxygen atoms in total. The summed E-state index contributed by atoms with van der Waals surface area (Å²) in [6.45, 7) is 0. The first kappa shape index (κ1) is 9.33. The molecular formula is C11H16N2O2.